The van der Waals surface area contributed by atoms with Gasteiger partial charge in [0.2, 0.25) is 5.88 Å². The molecule has 0 fully saturated rings. The summed E-state index contributed by atoms with van der Waals surface area (Å²) in [4.78, 5) is 13.4. The molecule has 0 saturated heterocycles. The van der Waals surface area contributed by atoms with Gasteiger partial charge in [0.15, 0.2) is 0 Å². The molecular weight excluding hydrogens is 122 g/mol. The number of aliphatic hydroxyl groups is 1. The second-order valence-electron chi connectivity index (χ2n) is 1.63. The Kier molecular flexibility index (Phi) is 1.22. The number of aliphatic imine (C=N–C) groups is 1. The van der Waals surface area contributed by atoms with Gasteiger partial charge in [-0.15, -0.1) is 0 Å². The van der Waals surface area contributed by atoms with Crippen LogP contribution in [0.2, 0.25) is 0 Å². The van der Waals surface area contributed by atoms with Crippen molar-refractivity contribution in [2.75, 3.05) is 0 Å². The second kappa shape index (κ2) is 1.89. The molecule has 0 aliphatic carbocycles. The van der Waals surface area contributed by atoms with Crippen LogP contribution in [0, 0.1) is 0 Å². The molecule has 48 valence electrons. The van der Waals surface area contributed by atoms with Crippen molar-refractivity contribution >= 4 is 11.7 Å². The summed E-state index contributed by atoms with van der Waals surface area (Å²) in [7, 11) is 0. The Morgan fingerprint density at radius 1 is 1.78 bits per heavy atom. The molecule has 4 nitrogen and oxygen atoms in total. The SMILES string of the molecule is O=C(O)C1=NC(O)=CC1. The summed E-state index contributed by atoms with van der Waals surface area (Å²) in [5, 5.41) is 16.8. The van der Waals surface area contributed by atoms with Crippen LogP contribution in [0.1, 0.15) is 6.42 Å². The average molecular weight is 127 g/mol. The van der Waals surface area contributed by atoms with Crippen LogP contribution in [0.4, 0.5) is 0 Å². The number of aliphatic hydroxyl groups excluding tert-OH is 1. The van der Waals surface area contributed by atoms with Gasteiger partial charge >= 0.3 is 5.97 Å². The smallest absolute Gasteiger partial charge is 0.350 e. The third-order valence-electron chi connectivity index (χ3n) is 0.974. The zero-order valence-electron chi connectivity index (χ0n) is 4.53. The van der Waals surface area contributed by atoms with Gasteiger partial charge in [-0.2, -0.15) is 0 Å². The highest BCUT2D eigenvalue weighted by Crippen LogP contribution is 2.06. The van der Waals surface area contributed by atoms with E-state index in [0.29, 0.717) is 0 Å². The van der Waals surface area contributed by atoms with E-state index in [1.54, 1.807) is 0 Å². The molecule has 1 aliphatic heterocycles. The number of carboxylic acids is 1. The molecule has 9 heavy (non-hydrogen) atoms. The number of rotatable bonds is 1. The summed E-state index contributed by atoms with van der Waals surface area (Å²) in [5.41, 5.74) is -0.00694. The Morgan fingerprint density at radius 2 is 2.44 bits per heavy atom. The fourth-order valence-electron chi connectivity index (χ4n) is 0.553. The molecule has 0 atom stereocenters. The Bertz CT molecular complexity index is 204. The Balaban J connectivity index is 2.71. The minimum Gasteiger partial charge on any atom is -0.493 e. The largest absolute Gasteiger partial charge is 0.493 e. The molecule has 0 saturated carbocycles. The first-order chi connectivity index (χ1) is 4.20. The zero-order chi connectivity index (χ0) is 6.85. The minimum atomic E-state index is -1.07. The molecule has 2 N–H and O–H groups in total. The molecule has 0 aromatic rings. The van der Waals surface area contributed by atoms with E-state index >= 15 is 0 Å². The molecule has 4 heteroatoms. The average Bonchev–Trinajstić information content (AvgIpc) is 2.14. The maximum atomic E-state index is 10.1. The van der Waals surface area contributed by atoms with Gasteiger partial charge in [-0.3, -0.25) is 0 Å². The van der Waals surface area contributed by atoms with Gasteiger partial charge in [-0.1, -0.05) is 0 Å². The quantitative estimate of drug-likeness (QED) is 0.532. The number of allylic oxidation sites excluding steroid dienone is 1. The Morgan fingerprint density at radius 3 is 2.67 bits per heavy atom. The van der Waals surface area contributed by atoms with Crippen molar-refractivity contribution in [1.29, 1.82) is 0 Å². The van der Waals surface area contributed by atoms with E-state index in [4.69, 9.17) is 10.2 Å². The molecule has 1 rings (SSSR count). The van der Waals surface area contributed by atoms with Crippen LogP contribution in [0.5, 0.6) is 0 Å². The van der Waals surface area contributed by atoms with Crippen LogP contribution in [0.3, 0.4) is 0 Å². The van der Waals surface area contributed by atoms with E-state index in [1.807, 2.05) is 0 Å². The van der Waals surface area contributed by atoms with Gasteiger partial charge in [-0.25, -0.2) is 9.79 Å². The molecule has 0 amide bonds. The monoisotopic (exact) mass is 127 g/mol. The van der Waals surface area contributed by atoms with Crippen molar-refractivity contribution in [3.8, 4) is 0 Å². The lowest BCUT2D eigenvalue weighted by Gasteiger charge is -1.85. The molecule has 0 aromatic carbocycles. The van der Waals surface area contributed by atoms with Gasteiger partial charge < -0.3 is 10.2 Å². The number of hydrogen-bond acceptors (Lipinski definition) is 3. The molecule has 0 bridgehead atoms. The highest BCUT2D eigenvalue weighted by Gasteiger charge is 2.13. The van der Waals surface area contributed by atoms with Crippen molar-refractivity contribution in [2.24, 2.45) is 4.99 Å². The maximum absolute atomic E-state index is 10.1. The topological polar surface area (TPSA) is 69.9 Å². The predicted octanol–water partition coefficient (Wildman–Crippen LogP) is 0.315. The molecule has 0 radical (unpaired) electrons. The van der Waals surface area contributed by atoms with Gasteiger partial charge in [0.25, 0.3) is 0 Å². The summed E-state index contributed by atoms with van der Waals surface area (Å²) < 4.78 is 0. The highest BCUT2D eigenvalue weighted by molar-refractivity contribution is 6.36. The molecular formula is C5H5NO3. The predicted molar refractivity (Wildman–Crippen MR) is 30.4 cm³/mol. The number of aliphatic carboxylic acids is 1. The van der Waals surface area contributed by atoms with Crippen LogP contribution in [0.15, 0.2) is 17.0 Å². The van der Waals surface area contributed by atoms with Crippen LogP contribution in [-0.2, 0) is 4.79 Å². The first-order valence-corrected chi connectivity index (χ1v) is 2.40. The molecule has 0 aromatic heterocycles. The van der Waals surface area contributed by atoms with Crippen LogP contribution >= 0.6 is 0 Å². The lowest BCUT2D eigenvalue weighted by molar-refractivity contribution is -0.129. The van der Waals surface area contributed by atoms with Gasteiger partial charge in [0.1, 0.15) is 5.71 Å². The fraction of sp³-hybridized carbons (Fsp3) is 0.200. The molecule has 0 spiro atoms. The van der Waals surface area contributed by atoms with Crippen LogP contribution in [0.25, 0.3) is 0 Å². The third kappa shape index (κ3) is 1.07. The Hall–Kier alpha value is -1.32. The molecule has 0 unspecified atom stereocenters. The number of hydrogen-bond donors (Lipinski definition) is 2. The van der Waals surface area contributed by atoms with E-state index in [-0.39, 0.29) is 18.0 Å². The number of carboxylic acid groups (broad SMARTS) is 1. The third-order valence-corrected chi connectivity index (χ3v) is 0.974. The van der Waals surface area contributed by atoms with Gasteiger partial charge in [0.05, 0.1) is 0 Å². The summed E-state index contributed by atoms with van der Waals surface area (Å²) in [6, 6.07) is 0. The number of nitrogens with zero attached hydrogens (tertiary/aromatic N) is 1. The summed E-state index contributed by atoms with van der Waals surface area (Å²) in [6.07, 6.45) is 1.57. The minimum absolute atomic E-state index is 0.00694. The van der Waals surface area contributed by atoms with Gasteiger partial charge in [-0.05, 0) is 6.08 Å². The number of carbonyl (C=O) groups is 1. The van der Waals surface area contributed by atoms with Crippen molar-refractivity contribution < 1.29 is 15.0 Å². The standard InChI is InChI=1S/C5H5NO3/c7-4-2-1-3(6-4)5(8)9/h2,7H,1H2,(H,8,9). The lowest BCUT2D eigenvalue weighted by atomic mass is 10.3. The zero-order valence-corrected chi connectivity index (χ0v) is 4.53. The fourth-order valence-corrected chi connectivity index (χ4v) is 0.553. The summed E-state index contributed by atoms with van der Waals surface area (Å²) in [6.45, 7) is 0. The lowest BCUT2D eigenvalue weighted by Crippen LogP contribution is -2.08. The van der Waals surface area contributed by atoms with E-state index in [2.05, 4.69) is 4.99 Å². The summed E-state index contributed by atoms with van der Waals surface area (Å²) >= 11 is 0. The van der Waals surface area contributed by atoms with Crippen molar-refractivity contribution in [1.82, 2.24) is 0 Å². The Labute approximate surface area is 51.1 Å². The molecule has 1 aliphatic rings. The molecule has 1 heterocycles. The first kappa shape index (κ1) is 5.81. The van der Waals surface area contributed by atoms with Crippen molar-refractivity contribution in [3.05, 3.63) is 12.0 Å². The van der Waals surface area contributed by atoms with E-state index < -0.39 is 5.97 Å². The normalized spacial score (nSPS) is 16.9. The highest BCUT2D eigenvalue weighted by atomic mass is 16.4. The van der Waals surface area contributed by atoms with E-state index in [9.17, 15) is 4.79 Å². The van der Waals surface area contributed by atoms with Crippen LogP contribution < -0.4 is 0 Å². The second-order valence-corrected chi connectivity index (χ2v) is 1.63. The van der Waals surface area contributed by atoms with E-state index in [1.165, 1.54) is 6.08 Å². The van der Waals surface area contributed by atoms with Gasteiger partial charge in [0, 0.05) is 6.42 Å². The summed E-state index contributed by atoms with van der Waals surface area (Å²) in [5.74, 6) is -1.28. The maximum Gasteiger partial charge on any atom is 0.350 e. The first-order valence-electron chi connectivity index (χ1n) is 2.40. The van der Waals surface area contributed by atoms with E-state index in [0.717, 1.165) is 0 Å². The van der Waals surface area contributed by atoms with Crippen molar-refractivity contribution in [3.63, 3.8) is 0 Å². The van der Waals surface area contributed by atoms with Crippen molar-refractivity contribution in [2.45, 2.75) is 6.42 Å². The van der Waals surface area contributed by atoms with Crippen LogP contribution in [-0.4, -0.2) is 21.9 Å².